The van der Waals surface area contributed by atoms with E-state index >= 15 is 0 Å². The molecule has 7 nitrogen and oxygen atoms in total. The number of esters is 1. The SMILES string of the molecule is COC(=O)c1ccccc1NC(=O)CNS(=O)(=O)c1cc(C)ccc1C. The molecule has 26 heavy (non-hydrogen) atoms. The largest absolute Gasteiger partial charge is 0.465 e. The fourth-order valence-corrected chi connectivity index (χ4v) is 3.62. The second-order valence-electron chi connectivity index (χ2n) is 5.68. The van der Waals surface area contributed by atoms with Crippen molar-refractivity contribution in [2.45, 2.75) is 18.7 Å². The van der Waals surface area contributed by atoms with Gasteiger partial charge in [-0.2, -0.15) is 0 Å². The van der Waals surface area contributed by atoms with E-state index < -0.39 is 28.4 Å². The monoisotopic (exact) mass is 376 g/mol. The smallest absolute Gasteiger partial charge is 0.339 e. The number of carbonyl (C=O) groups is 2. The number of benzene rings is 2. The van der Waals surface area contributed by atoms with E-state index in [-0.39, 0.29) is 16.1 Å². The molecule has 2 N–H and O–H groups in total. The first-order chi connectivity index (χ1) is 12.2. The number of sulfonamides is 1. The van der Waals surface area contributed by atoms with Crippen LogP contribution in [-0.4, -0.2) is 33.9 Å². The van der Waals surface area contributed by atoms with Gasteiger partial charge in [-0.15, -0.1) is 0 Å². The fourth-order valence-electron chi connectivity index (χ4n) is 2.31. The van der Waals surface area contributed by atoms with Gasteiger partial charge in [0.15, 0.2) is 0 Å². The summed E-state index contributed by atoms with van der Waals surface area (Å²) in [6.07, 6.45) is 0. The maximum Gasteiger partial charge on any atom is 0.339 e. The summed E-state index contributed by atoms with van der Waals surface area (Å²) in [5, 5.41) is 2.51. The number of carbonyl (C=O) groups excluding carboxylic acids is 2. The molecule has 0 aliphatic carbocycles. The summed E-state index contributed by atoms with van der Waals surface area (Å²) >= 11 is 0. The van der Waals surface area contributed by atoms with Crippen molar-refractivity contribution in [3.63, 3.8) is 0 Å². The average molecular weight is 376 g/mol. The van der Waals surface area contributed by atoms with E-state index in [1.807, 2.05) is 6.07 Å². The van der Waals surface area contributed by atoms with Gasteiger partial charge in [0.05, 0.1) is 29.8 Å². The van der Waals surface area contributed by atoms with E-state index in [1.54, 1.807) is 38.1 Å². The Morgan fingerprint density at radius 2 is 1.77 bits per heavy atom. The number of ether oxygens (including phenoxy) is 1. The van der Waals surface area contributed by atoms with Crippen molar-refractivity contribution in [2.24, 2.45) is 0 Å². The molecular weight excluding hydrogens is 356 g/mol. The molecule has 138 valence electrons. The van der Waals surface area contributed by atoms with E-state index in [9.17, 15) is 18.0 Å². The molecule has 0 unspecified atom stereocenters. The second kappa shape index (κ2) is 8.11. The summed E-state index contributed by atoms with van der Waals surface area (Å²) in [6, 6.07) is 11.4. The number of hydrogen-bond donors (Lipinski definition) is 2. The zero-order chi connectivity index (χ0) is 19.3. The second-order valence-corrected chi connectivity index (χ2v) is 7.41. The fraction of sp³-hybridized carbons (Fsp3) is 0.222. The van der Waals surface area contributed by atoms with Crippen LogP contribution in [0.4, 0.5) is 5.69 Å². The Hall–Kier alpha value is -2.71. The van der Waals surface area contributed by atoms with Gasteiger partial charge >= 0.3 is 5.97 Å². The highest BCUT2D eigenvalue weighted by molar-refractivity contribution is 7.89. The molecule has 0 radical (unpaired) electrons. The molecule has 0 heterocycles. The highest BCUT2D eigenvalue weighted by Crippen LogP contribution is 2.17. The zero-order valence-corrected chi connectivity index (χ0v) is 15.5. The maximum absolute atomic E-state index is 12.4. The molecule has 0 atom stereocenters. The van der Waals surface area contributed by atoms with Gasteiger partial charge in [-0.05, 0) is 43.2 Å². The normalized spacial score (nSPS) is 11.0. The molecule has 2 aromatic carbocycles. The third-order valence-corrected chi connectivity index (χ3v) is 5.21. The Morgan fingerprint density at radius 1 is 1.08 bits per heavy atom. The summed E-state index contributed by atoms with van der Waals surface area (Å²) in [5.41, 5.74) is 1.81. The highest BCUT2D eigenvalue weighted by atomic mass is 32.2. The maximum atomic E-state index is 12.4. The van der Waals surface area contributed by atoms with Crippen LogP contribution in [0.25, 0.3) is 0 Å². The Balaban J connectivity index is 2.10. The van der Waals surface area contributed by atoms with Crippen LogP contribution in [0.2, 0.25) is 0 Å². The van der Waals surface area contributed by atoms with Crippen molar-refractivity contribution in [3.8, 4) is 0 Å². The minimum atomic E-state index is -3.83. The predicted octanol–water partition coefficient (Wildman–Crippen LogP) is 2.01. The lowest BCUT2D eigenvalue weighted by atomic mass is 10.2. The van der Waals surface area contributed by atoms with Crippen molar-refractivity contribution >= 4 is 27.6 Å². The lowest BCUT2D eigenvalue weighted by molar-refractivity contribution is -0.115. The number of methoxy groups -OCH3 is 1. The highest BCUT2D eigenvalue weighted by Gasteiger charge is 2.19. The van der Waals surface area contributed by atoms with Crippen LogP contribution in [0, 0.1) is 13.8 Å². The van der Waals surface area contributed by atoms with Gasteiger partial charge in [0, 0.05) is 0 Å². The van der Waals surface area contributed by atoms with E-state index in [2.05, 4.69) is 14.8 Å². The standard InChI is InChI=1S/C18H20N2O5S/c1-12-8-9-13(2)16(10-12)26(23,24)19-11-17(21)20-15-7-5-4-6-14(15)18(22)25-3/h4-10,19H,11H2,1-3H3,(H,20,21). The minimum absolute atomic E-state index is 0.125. The van der Waals surface area contributed by atoms with Crippen molar-refractivity contribution in [3.05, 3.63) is 59.2 Å². The third-order valence-electron chi connectivity index (χ3n) is 3.66. The Morgan fingerprint density at radius 3 is 2.46 bits per heavy atom. The lowest BCUT2D eigenvalue weighted by Crippen LogP contribution is -2.33. The third kappa shape index (κ3) is 4.68. The molecule has 8 heteroatoms. The van der Waals surface area contributed by atoms with E-state index in [0.717, 1.165) is 5.56 Å². The molecule has 0 spiro atoms. The number of para-hydroxylation sites is 1. The van der Waals surface area contributed by atoms with E-state index in [0.29, 0.717) is 5.56 Å². The van der Waals surface area contributed by atoms with Crippen LogP contribution in [-0.2, 0) is 19.6 Å². The van der Waals surface area contributed by atoms with Crippen LogP contribution in [0.1, 0.15) is 21.5 Å². The van der Waals surface area contributed by atoms with Crippen LogP contribution in [0.3, 0.4) is 0 Å². The quantitative estimate of drug-likeness (QED) is 0.751. The number of aryl methyl sites for hydroxylation is 2. The first kappa shape index (κ1) is 19.6. The van der Waals surface area contributed by atoms with Gasteiger partial charge in [-0.25, -0.2) is 17.9 Å². The van der Waals surface area contributed by atoms with E-state index in [4.69, 9.17) is 0 Å². The molecule has 0 bridgehead atoms. The van der Waals surface area contributed by atoms with Gasteiger partial charge < -0.3 is 10.1 Å². The van der Waals surface area contributed by atoms with Gasteiger partial charge in [0.25, 0.3) is 0 Å². The minimum Gasteiger partial charge on any atom is -0.465 e. The number of nitrogens with one attached hydrogen (secondary N) is 2. The average Bonchev–Trinajstić information content (AvgIpc) is 2.62. The van der Waals surface area contributed by atoms with Crippen molar-refractivity contribution in [1.29, 1.82) is 0 Å². The van der Waals surface area contributed by atoms with Gasteiger partial charge in [0.1, 0.15) is 0 Å². The molecule has 0 fully saturated rings. The number of hydrogen-bond acceptors (Lipinski definition) is 5. The topological polar surface area (TPSA) is 102 Å². The Kier molecular flexibility index (Phi) is 6.12. The summed E-state index contributed by atoms with van der Waals surface area (Å²) < 4.78 is 31.8. The first-order valence-corrected chi connectivity index (χ1v) is 9.27. The van der Waals surface area contributed by atoms with Crippen molar-refractivity contribution in [2.75, 3.05) is 19.0 Å². The summed E-state index contributed by atoms with van der Waals surface area (Å²) in [6.45, 7) is 3.00. The molecule has 1 amide bonds. The van der Waals surface area contributed by atoms with Crippen molar-refractivity contribution in [1.82, 2.24) is 4.72 Å². The predicted molar refractivity (Wildman–Crippen MR) is 97.5 cm³/mol. The van der Waals surface area contributed by atoms with Gasteiger partial charge in [0.2, 0.25) is 15.9 Å². The summed E-state index contributed by atoms with van der Waals surface area (Å²) in [7, 11) is -2.60. The zero-order valence-electron chi connectivity index (χ0n) is 14.7. The lowest BCUT2D eigenvalue weighted by Gasteiger charge is -2.12. The Labute approximate surface area is 152 Å². The van der Waals surface area contributed by atoms with Crippen LogP contribution >= 0.6 is 0 Å². The van der Waals surface area contributed by atoms with Crippen molar-refractivity contribution < 1.29 is 22.7 Å². The number of amides is 1. The summed E-state index contributed by atoms with van der Waals surface area (Å²) in [5.74, 6) is -1.20. The molecule has 0 saturated heterocycles. The molecule has 0 saturated carbocycles. The Bertz CT molecular complexity index is 938. The molecule has 2 rings (SSSR count). The molecule has 2 aromatic rings. The van der Waals surface area contributed by atoms with Gasteiger partial charge in [-0.3, -0.25) is 4.79 Å². The van der Waals surface area contributed by atoms with Gasteiger partial charge in [-0.1, -0.05) is 24.3 Å². The van der Waals surface area contributed by atoms with Crippen LogP contribution in [0.5, 0.6) is 0 Å². The van der Waals surface area contributed by atoms with E-state index in [1.165, 1.54) is 19.2 Å². The molecule has 0 aliphatic heterocycles. The number of anilines is 1. The summed E-state index contributed by atoms with van der Waals surface area (Å²) in [4.78, 5) is 23.9. The molecule has 0 aliphatic rings. The molecular formula is C18H20N2O5S. The van der Waals surface area contributed by atoms with Crippen LogP contribution < -0.4 is 10.0 Å². The molecule has 0 aromatic heterocycles. The van der Waals surface area contributed by atoms with Crippen LogP contribution in [0.15, 0.2) is 47.4 Å². The first-order valence-electron chi connectivity index (χ1n) is 7.78. The number of rotatable bonds is 6.